The molecule has 1 aromatic rings. The minimum absolute atomic E-state index is 0.0999. The summed E-state index contributed by atoms with van der Waals surface area (Å²) in [5.41, 5.74) is 1.12. The maximum absolute atomic E-state index is 11.9. The van der Waals surface area contributed by atoms with Gasteiger partial charge < -0.3 is 14.8 Å². The summed E-state index contributed by atoms with van der Waals surface area (Å²) in [6.07, 6.45) is 0. The second kappa shape index (κ2) is 5.87. The van der Waals surface area contributed by atoms with Gasteiger partial charge >= 0.3 is 5.97 Å². The van der Waals surface area contributed by atoms with Gasteiger partial charge in [-0.25, -0.2) is 0 Å². The average Bonchev–Trinajstić information content (AvgIpc) is 2.88. The maximum atomic E-state index is 11.9. The van der Waals surface area contributed by atoms with Crippen LogP contribution in [0.25, 0.3) is 0 Å². The number of carbonyl (C=O) groups is 1. The van der Waals surface area contributed by atoms with Gasteiger partial charge in [0.05, 0.1) is 19.6 Å². The van der Waals surface area contributed by atoms with E-state index >= 15 is 0 Å². The van der Waals surface area contributed by atoms with Gasteiger partial charge in [0.25, 0.3) is 0 Å². The lowest BCUT2D eigenvalue weighted by atomic mass is 9.89. The zero-order chi connectivity index (χ0) is 13.0. The molecule has 0 saturated carbocycles. The van der Waals surface area contributed by atoms with Gasteiger partial charge in [-0.2, -0.15) is 0 Å². The SMILES string of the molecule is CCOC(=O)C1CNCC1c1cccc(OC)c1. The van der Waals surface area contributed by atoms with Crippen molar-refractivity contribution in [1.82, 2.24) is 5.32 Å². The Morgan fingerprint density at radius 3 is 3.00 bits per heavy atom. The minimum Gasteiger partial charge on any atom is -0.497 e. The topological polar surface area (TPSA) is 47.6 Å². The molecule has 1 fully saturated rings. The Morgan fingerprint density at radius 2 is 2.28 bits per heavy atom. The van der Waals surface area contributed by atoms with E-state index in [1.807, 2.05) is 31.2 Å². The predicted molar refractivity (Wildman–Crippen MR) is 68.7 cm³/mol. The Kier molecular flexibility index (Phi) is 4.20. The fourth-order valence-electron chi connectivity index (χ4n) is 2.40. The number of carbonyl (C=O) groups excluding carboxylic acids is 1. The van der Waals surface area contributed by atoms with Gasteiger partial charge in [-0.1, -0.05) is 12.1 Å². The first-order valence-corrected chi connectivity index (χ1v) is 6.27. The highest BCUT2D eigenvalue weighted by atomic mass is 16.5. The number of benzene rings is 1. The lowest BCUT2D eigenvalue weighted by molar-refractivity contribution is -0.147. The Bertz CT molecular complexity index is 419. The standard InChI is InChI=1S/C14H19NO3/c1-3-18-14(16)13-9-15-8-12(13)10-5-4-6-11(7-10)17-2/h4-7,12-13,15H,3,8-9H2,1-2H3. The Morgan fingerprint density at radius 1 is 1.44 bits per heavy atom. The number of hydrogen-bond acceptors (Lipinski definition) is 4. The molecule has 2 rings (SSSR count). The highest BCUT2D eigenvalue weighted by Crippen LogP contribution is 2.30. The minimum atomic E-state index is -0.115. The summed E-state index contributed by atoms with van der Waals surface area (Å²) < 4.78 is 10.3. The fourth-order valence-corrected chi connectivity index (χ4v) is 2.40. The number of esters is 1. The van der Waals surface area contributed by atoms with Crippen molar-refractivity contribution >= 4 is 5.97 Å². The third-order valence-corrected chi connectivity index (χ3v) is 3.33. The molecule has 4 nitrogen and oxygen atoms in total. The van der Waals surface area contributed by atoms with Crippen molar-refractivity contribution in [3.8, 4) is 5.75 Å². The molecular weight excluding hydrogens is 230 g/mol. The molecule has 0 radical (unpaired) electrons. The highest BCUT2D eigenvalue weighted by molar-refractivity contribution is 5.74. The summed E-state index contributed by atoms with van der Waals surface area (Å²) in [5, 5.41) is 3.26. The van der Waals surface area contributed by atoms with E-state index in [0.717, 1.165) is 17.9 Å². The van der Waals surface area contributed by atoms with Crippen molar-refractivity contribution in [2.75, 3.05) is 26.8 Å². The average molecular weight is 249 g/mol. The van der Waals surface area contributed by atoms with Crippen LogP contribution in [0.1, 0.15) is 18.4 Å². The van der Waals surface area contributed by atoms with Crippen LogP contribution in [0.15, 0.2) is 24.3 Å². The molecule has 2 unspecified atom stereocenters. The summed E-state index contributed by atoms with van der Waals surface area (Å²) >= 11 is 0. The lowest BCUT2D eigenvalue weighted by Crippen LogP contribution is -2.24. The molecule has 1 aliphatic rings. The van der Waals surface area contributed by atoms with Gasteiger partial charge in [-0.3, -0.25) is 4.79 Å². The quantitative estimate of drug-likeness (QED) is 0.823. The summed E-state index contributed by atoms with van der Waals surface area (Å²) in [6.45, 7) is 3.75. The number of hydrogen-bond donors (Lipinski definition) is 1. The van der Waals surface area contributed by atoms with Gasteiger partial charge in [0.1, 0.15) is 5.75 Å². The highest BCUT2D eigenvalue weighted by Gasteiger charge is 2.35. The van der Waals surface area contributed by atoms with Crippen molar-refractivity contribution in [2.24, 2.45) is 5.92 Å². The normalized spacial score (nSPS) is 22.8. The van der Waals surface area contributed by atoms with Crippen LogP contribution in [0, 0.1) is 5.92 Å². The molecule has 1 saturated heterocycles. The Labute approximate surface area is 107 Å². The zero-order valence-electron chi connectivity index (χ0n) is 10.8. The first-order valence-electron chi connectivity index (χ1n) is 6.27. The van der Waals surface area contributed by atoms with E-state index < -0.39 is 0 Å². The maximum Gasteiger partial charge on any atom is 0.310 e. The monoisotopic (exact) mass is 249 g/mol. The molecule has 0 aromatic heterocycles. The summed E-state index contributed by atoms with van der Waals surface area (Å²) in [4.78, 5) is 11.9. The van der Waals surface area contributed by atoms with E-state index in [1.165, 1.54) is 0 Å². The number of rotatable bonds is 4. The van der Waals surface area contributed by atoms with Gasteiger partial charge in [-0.15, -0.1) is 0 Å². The van der Waals surface area contributed by atoms with Crippen LogP contribution in [-0.4, -0.2) is 32.8 Å². The van der Waals surface area contributed by atoms with Crippen molar-refractivity contribution in [3.05, 3.63) is 29.8 Å². The van der Waals surface area contributed by atoms with Gasteiger partial charge in [0.15, 0.2) is 0 Å². The fraction of sp³-hybridized carbons (Fsp3) is 0.500. The summed E-state index contributed by atoms with van der Waals surface area (Å²) in [7, 11) is 1.65. The van der Waals surface area contributed by atoms with Crippen molar-refractivity contribution < 1.29 is 14.3 Å². The molecule has 2 atom stereocenters. The van der Waals surface area contributed by atoms with E-state index in [4.69, 9.17) is 9.47 Å². The Balaban J connectivity index is 2.17. The van der Waals surface area contributed by atoms with Crippen LogP contribution in [0.2, 0.25) is 0 Å². The second-order valence-electron chi connectivity index (χ2n) is 4.40. The van der Waals surface area contributed by atoms with Crippen LogP contribution in [0.4, 0.5) is 0 Å². The summed E-state index contributed by atoms with van der Waals surface area (Å²) in [5.74, 6) is 0.772. The van der Waals surface area contributed by atoms with Crippen LogP contribution in [0.5, 0.6) is 5.75 Å². The molecule has 0 spiro atoms. The van der Waals surface area contributed by atoms with Crippen molar-refractivity contribution in [2.45, 2.75) is 12.8 Å². The van der Waals surface area contributed by atoms with Gasteiger partial charge in [-0.05, 0) is 24.6 Å². The third kappa shape index (κ3) is 2.64. The van der Waals surface area contributed by atoms with E-state index in [0.29, 0.717) is 13.2 Å². The molecule has 0 amide bonds. The molecular formula is C14H19NO3. The number of ether oxygens (including phenoxy) is 2. The first-order chi connectivity index (χ1) is 8.76. The largest absolute Gasteiger partial charge is 0.497 e. The second-order valence-corrected chi connectivity index (χ2v) is 4.40. The molecule has 0 aliphatic carbocycles. The Hall–Kier alpha value is -1.55. The molecule has 1 aliphatic heterocycles. The molecule has 1 heterocycles. The summed E-state index contributed by atoms with van der Waals surface area (Å²) in [6, 6.07) is 7.89. The molecule has 0 bridgehead atoms. The molecule has 1 N–H and O–H groups in total. The van der Waals surface area contributed by atoms with Crippen LogP contribution >= 0.6 is 0 Å². The first kappa shape index (κ1) is 12.9. The zero-order valence-corrected chi connectivity index (χ0v) is 10.8. The van der Waals surface area contributed by atoms with Crippen LogP contribution in [-0.2, 0) is 9.53 Å². The van der Waals surface area contributed by atoms with Crippen LogP contribution in [0.3, 0.4) is 0 Å². The van der Waals surface area contributed by atoms with E-state index in [9.17, 15) is 4.79 Å². The lowest BCUT2D eigenvalue weighted by Gasteiger charge is -2.18. The molecule has 18 heavy (non-hydrogen) atoms. The number of methoxy groups -OCH3 is 1. The number of nitrogens with one attached hydrogen (secondary N) is 1. The molecule has 4 heteroatoms. The van der Waals surface area contributed by atoms with E-state index in [2.05, 4.69) is 5.32 Å². The van der Waals surface area contributed by atoms with Gasteiger partial charge in [0.2, 0.25) is 0 Å². The predicted octanol–water partition coefficient (Wildman–Crippen LogP) is 1.56. The molecule has 98 valence electrons. The van der Waals surface area contributed by atoms with E-state index in [1.54, 1.807) is 7.11 Å². The van der Waals surface area contributed by atoms with Crippen molar-refractivity contribution in [3.63, 3.8) is 0 Å². The van der Waals surface area contributed by atoms with E-state index in [-0.39, 0.29) is 17.8 Å². The van der Waals surface area contributed by atoms with Crippen molar-refractivity contribution in [1.29, 1.82) is 0 Å². The van der Waals surface area contributed by atoms with Crippen LogP contribution < -0.4 is 10.1 Å². The third-order valence-electron chi connectivity index (χ3n) is 3.33. The molecule has 1 aromatic carbocycles. The van der Waals surface area contributed by atoms with Gasteiger partial charge in [0, 0.05) is 19.0 Å². The smallest absolute Gasteiger partial charge is 0.310 e.